The molecule has 8 nitrogen and oxygen atoms in total. The van der Waals surface area contributed by atoms with E-state index >= 15 is 0 Å². The van der Waals surface area contributed by atoms with E-state index in [1.165, 1.54) is 10.8 Å². The Morgan fingerprint density at radius 3 is 2.95 bits per heavy atom. The molecule has 0 amide bonds. The van der Waals surface area contributed by atoms with Gasteiger partial charge < -0.3 is 19.7 Å². The average Bonchev–Trinajstić information content (AvgIpc) is 2.76. The Morgan fingerprint density at radius 2 is 2.29 bits per heavy atom. The summed E-state index contributed by atoms with van der Waals surface area (Å²) in [4.78, 5) is 25.6. The molecule has 2 aliphatic heterocycles. The molecule has 2 fully saturated rings. The molecule has 0 aliphatic carbocycles. The van der Waals surface area contributed by atoms with Gasteiger partial charge in [-0.2, -0.15) is 0 Å². The molecule has 21 heavy (non-hydrogen) atoms. The van der Waals surface area contributed by atoms with Crippen LogP contribution in [0.3, 0.4) is 0 Å². The Bertz CT molecular complexity index is 667. The minimum atomic E-state index is -1.26. The fourth-order valence-corrected chi connectivity index (χ4v) is 3.05. The number of aliphatic hydroxyl groups excluding tert-OH is 1. The number of rotatable bonds is 2. The zero-order valence-corrected chi connectivity index (χ0v) is 11.7. The van der Waals surface area contributed by atoms with Crippen molar-refractivity contribution in [3.63, 3.8) is 0 Å². The van der Waals surface area contributed by atoms with E-state index in [1.807, 2.05) is 0 Å². The number of aromatic nitrogens is 2. The lowest BCUT2D eigenvalue weighted by Crippen LogP contribution is -2.60. The van der Waals surface area contributed by atoms with Gasteiger partial charge in [0.05, 0.1) is 13.2 Å². The van der Waals surface area contributed by atoms with Crippen LogP contribution in [0.5, 0.6) is 0 Å². The van der Waals surface area contributed by atoms with Crippen LogP contribution in [0, 0.1) is 6.92 Å². The maximum Gasteiger partial charge on any atom is 0.330 e. The van der Waals surface area contributed by atoms with Crippen molar-refractivity contribution in [3.8, 4) is 0 Å². The molecule has 2 saturated heterocycles. The minimum absolute atomic E-state index is 0.0631. The maximum absolute atomic E-state index is 11.9. The molecule has 1 aromatic rings. The second-order valence-electron chi connectivity index (χ2n) is 5.74. The van der Waals surface area contributed by atoms with Crippen LogP contribution in [0.1, 0.15) is 24.6 Å². The van der Waals surface area contributed by atoms with Crippen molar-refractivity contribution in [2.24, 2.45) is 0 Å². The monoisotopic (exact) mass is 298 g/mol. The van der Waals surface area contributed by atoms with Crippen molar-refractivity contribution in [1.29, 1.82) is 0 Å². The van der Waals surface area contributed by atoms with Gasteiger partial charge in [0.2, 0.25) is 0 Å². The highest BCUT2D eigenvalue weighted by atomic mass is 16.6. The summed E-state index contributed by atoms with van der Waals surface area (Å²) in [5.41, 5.74) is -3.18. The number of nitrogens with zero attached hydrogens (tertiary/aromatic N) is 1. The lowest BCUT2D eigenvalue weighted by Gasteiger charge is -2.42. The molecule has 2 aliphatic rings. The van der Waals surface area contributed by atoms with Gasteiger partial charge in [-0.25, -0.2) is 4.79 Å². The van der Waals surface area contributed by atoms with Crippen LogP contribution in [-0.2, 0) is 9.47 Å². The van der Waals surface area contributed by atoms with Crippen LogP contribution < -0.4 is 11.2 Å². The largest absolute Gasteiger partial charge is 0.393 e. The predicted molar refractivity (Wildman–Crippen MR) is 71.0 cm³/mol. The SMILES string of the molecule is Cc1cn([C@H]2C[C@@]3(O)CCOC[C@]3(CO)O2)c(=O)[nH]c1=O. The summed E-state index contributed by atoms with van der Waals surface area (Å²) in [6, 6.07) is 0. The first-order chi connectivity index (χ1) is 9.91. The highest BCUT2D eigenvalue weighted by Gasteiger charge is 2.61. The quantitative estimate of drug-likeness (QED) is 0.622. The Kier molecular flexibility index (Phi) is 3.28. The summed E-state index contributed by atoms with van der Waals surface area (Å²) in [6.45, 7) is 1.61. The molecule has 1 aromatic heterocycles. The normalized spacial score (nSPS) is 35.7. The topological polar surface area (TPSA) is 114 Å². The number of H-pyrrole nitrogens is 1. The maximum atomic E-state index is 11.9. The van der Waals surface area contributed by atoms with Gasteiger partial charge in [0.1, 0.15) is 17.4 Å². The molecule has 0 radical (unpaired) electrons. The zero-order valence-electron chi connectivity index (χ0n) is 11.7. The second-order valence-corrected chi connectivity index (χ2v) is 5.74. The van der Waals surface area contributed by atoms with Gasteiger partial charge in [-0.1, -0.05) is 0 Å². The lowest BCUT2D eigenvalue weighted by molar-refractivity contribution is -0.221. The van der Waals surface area contributed by atoms with Crippen LogP contribution >= 0.6 is 0 Å². The Balaban J connectivity index is 2.01. The van der Waals surface area contributed by atoms with E-state index in [0.29, 0.717) is 18.6 Å². The van der Waals surface area contributed by atoms with E-state index in [1.54, 1.807) is 6.92 Å². The highest BCUT2D eigenvalue weighted by Crippen LogP contribution is 2.47. The summed E-state index contributed by atoms with van der Waals surface area (Å²) in [6.07, 6.45) is 1.12. The number of hydrogen-bond acceptors (Lipinski definition) is 6. The number of aromatic amines is 1. The van der Waals surface area contributed by atoms with Crippen molar-refractivity contribution in [3.05, 3.63) is 32.6 Å². The molecule has 0 unspecified atom stereocenters. The van der Waals surface area contributed by atoms with E-state index in [2.05, 4.69) is 4.98 Å². The van der Waals surface area contributed by atoms with Crippen molar-refractivity contribution in [2.45, 2.75) is 37.2 Å². The van der Waals surface area contributed by atoms with Crippen LogP contribution in [0.4, 0.5) is 0 Å². The van der Waals surface area contributed by atoms with E-state index < -0.39 is 35.3 Å². The number of aliphatic hydroxyl groups is 2. The third kappa shape index (κ3) is 2.06. The van der Waals surface area contributed by atoms with Crippen LogP contribution in [0.25, 0.3) is 0 Å². The molecule has 3 rings (SSSR count). The molecule has 0 aromatic carbocycles. The van der Waals surface area contributed by atoms with E-state index in [0.717, 1.165) is 0 Å². The molecular formula is C13H18N2O6. The number of hydrogen-bond donors (Lipinski definition) is 3. The fraction of sp³-hybridized carbons (Fsp3) is 0.692. The van der Waals surface area contributed by atoms with Gasteiger partial charge in [0.25, 0.3) is 5.56 Å². The van der Waals surface area contributed by atoms with Gasteiger partial charge in [-0.3, -0.25) is 14.3 Å². The number of fused-ring (bicyclic) bond motifs is 1. The Labute approximate surface area is 119 Å². The molecule has 3 N–H and O–H groups in total. The van der Waals surface area contributed by atoms with E-state index in [-0.39, 0.29) is 13.0 Å². The molecule has 0 saturated carbocycles. The van der Waals surface area contributed by atoms with Gasteiger partial charge >= 0.3 is 5.69 Å². The number of aryl methyl sites for hydroxylation is 1. The summed E-state index contributed by atoms with van der Waals surface area (Å²) >= 11 is 0. The van der Waals surface area contributed by atoms with Crippen LogP contribution in [0.2, 0.25) is 0 Å². The second kappa shape index (κ2) is 4.77. The van der Waals surface area contributed by atoms with E-state index in [9.17, 15) is 19.8 Å². The molecule has 3 heterocycles. The number of ether oxygens (including phenoxy) is 2. The summed E-state index contributed by atoms with van der Waals surface area (Å²) in [7, 11) is 0. The smallest absolute Gasteiger partial charge is 0.330 e. The molecular weight excluding hydrogens is 280 g/mol. The molecule has 3 atom stereocenters. The highest BCUT2D eigenvalue weighted by molar-refractivity contribution is 5.10. The van der Waals surface area contributed by atoms with Gasteiger partial charge in [-0.15, -0.1) is 0 Å². The molecule has 0 bridgehead atoms. The summed E-state index contributed by atoms with van der Waals surface area (Å²) < 4.78 is 12.3. The third-order valence-corrected chi connectivity index (χ3v) is 4.43. The first kappa shape index (κ1) is 14.5. The van der Waals surface area contributed by atoms with Gasteiger partial charge in [0, 0.05) is 31.2 Å². The number of nitrogens with one attached hydrogen (secondary N) is 1. The van der Waals surface area contributed by atoms with Crippen molar-refractivity contribution in [1.82, 2.24) is 9.55 Å². The van der Waals surface area contributed by atoms with Crippen LogP contribution in [-0.4, -0.2) is 50.8 Å². The molecule has 116 valence electrons. The molecule has 8 heteroatoms. The van der Waals surface area contributed by atoms with Crippen molar-refractivity contribution < 1.29 is 19.7 Å². The predicted octanol–water partition coefficient (Wildman–Crippen LogP) is -1.35. The van der Waals surface area contributed by atoms with Crippen molar-refractivity contribution in [2.75, 3.05) is 19.8 Å². The van der Waals surface area contributed by atoms with Crippen molar-refractivity contribution >= 4 is 0 Å². The third-order valence-electron chi connectivity index (χ3n) is 4.43. The molecule has 0 spiro atoms. The first-order valence-corrected chi connectivity index (χ1v) is 6.82. The minimum Gasteiger partial charge on any atom is -0.393 e. The lowest BCUT2D eigenvalue weighted by atomic mass is 9.79. The van der Waals surface area contributed by atoms with E-state index in [4.69, 9.17) is 9.47 Å². The fourth-order valence-electron chi connectivity index (χ4n) is 3.05. The summed E-state index contributed by atoms with van der Waals surface area (Å²) in [5, 5.41) is 20.4. The van der Waals surface area contributed by atoms with Gasteiger partial charge in [-0.05, 0) is 6.92 Å². The summed E-state index contributed by atoms with van der Waals surface area (Å²) in [5.74, 6) is 0. The average molecular weight is 298 g/mol. The zero-order chi connectivity index (χ0) is 15.3. The van der Waals surface area contributed by atoms with Crippen LogP contribution in [0.15, 0.2) is 15.8 Å². The van der Waals surface area contributed by atoms with Gasteiger partial charge in [0.15, 0.2) is 0 Å². The standard InChI is InChI=1S/C13H18N2O6/c1-8-5-15(11(18)14-10(8)17)9-4-12(19)2-3-20-7-13(12,6-16)21-9/h5,9,16,19H,2-4,6-7H2,1H3,(H,14,17,18)/t9-,12+,13+/m1/s1. The first-order valence-electron chi connectivity index (χ1n) is 6.82. The Hall–Kier alpha value is -1.48. The Morgan fingerprint density at radius 1 is 1.52 bits per heavy atom.